The van der Waals surface area contributed by atoms with Gasteiger partial charge in [-0.15, -0.1) is 10.2 Å². The number of carbonyl (C=O) groups is 2. The molecule has 2 N–H and O–H groups in total. The maximum Gasteiger partial charge on any atom is 0.336 e. The zero-order valence-corrected chi connectivity index (χ0v) is 23.6. The number of aryl methyl sites for hydroxylation is 2. The minimum Gasteiger partial charge on any atom is -0.463 e. The molecular weight excluding hydrogens is 548 g/mol. The number of anilines is 1. The van der Waals surface area contributed by atoms with Crippen LogP contribution in [0.2, 0.25) is 5.02 Å². The van der Waals surface area contributed by atoms with E-state index in [1.807, 2.05) is 18.4 Å². The summed E-state index contributed by atoms with van der Waals surface area (Å²) in [4.78, 5) is 43.1. The number of dihydropyridines is 1. The largest absolute Gasteiger partial charge is 0.463 e. The van der Waals surface area contributed by atoms with E-state index in [-0.39, 0.29) is 42.5 Å². The van der Waals surface area contributed by atoms with Crippen LogP contribution in [0.5, 0.6) is 0 Å². The van der Waals surface area contributed by atoms with Gasteiger partial charge in [-0.05, 0) is 44.5 Å². The number of carbonyl (C=O) groups excluding carboxylic acids is 3. The molecule has 1 atom stereocenters. The summed E-state index contributed by atoms with van der Waals surface area (Å²) < 4.78 is 13.3. The summed E-state index contributed by atoms with van der Waals surface area (Å²) in [5.74, 6) is 1.26. The first-order valence-electron chi connectivity index (χ1n) is 12.9. The number of esters is 1. The number of aromatic nitrogens is 4. The molecule has 1 aromatic carbocycles. The van der Waals surface area contributed by atoms with Gasteiger partial charge in [-0.2, -0.15) is 0 Å². The fourth-order valence-electron chi connectivity index (χ4n) is 4.54. The van der Waals surface area contributed by atoms with Gasteiger partial charge in [0.15, 0.2) is 0 Å². The maximum atomic E-state index is 13.8. The monoisotopic (exact) mass is 576 g/mol. The summed E-state index contributed by atoms with van der Waals surface area (Å²) in [5.41, 5.74) is 1.12. The molecule has 0 saturated carbocycles. The van der Waals surface area contributed by atoms with E-state index in [4.69, 9.17) is 21.1 Å². The Kier molecular flexibility index (Phi) is 9.81. The minimum absolute atomic E-state index is 0.0549. The predicted molar refractivity (Wildman–Crippen MR) is 151 cm³/mol. The van der Waals surface area contributed by atoms with Gasteiger partial charge in [0, 0.05) is 23.8 Å². The lowest BCUT2D eigenvalue weighted by Crippen LogP contribution is -2.36. The fourth-order valence-corrected chi connectivity index (χ4v) is 4.79. The number of halogens is 1. The van der Waals surface area contributed by atoms with Gasteiger partial charge in [0.2, 0.25) is 0 Å². The topological polar surface area (TPSA) is 137 Å². The third kappa shape index (κ3) is 6.78. The van der Waals surface area contributed by atoms with E-state index in [2.05, 4.69) is 25.8 Å². The van der Waals surface area contributed by atoms with E-state index in [9.17, 15) is 14.4 Å². The Labute approximate surface area is 241 Å². The van der Waals surface area contributed by atoms with E-state index in [0.717, 1.165) is 17.7 Å². The van der Waals surface area contributed by atoms with E-state index >= 15 is 0 Å². The quantitative estimate of drug-likeness (QED) is 0.200. The van der Waals surface area contributed by atoms with Crippen LogP contribution in [0, 0.1) is 13.8 Å². The summed E-state index contributed by atoms with van der Waals surface area (Å²) in [5, 5.41) is 14.2. The van der Waals surface area contributed by atoms with Crippen molar-refractivity contribution in [2.75, 3.05) is 25.1 Å². The highest BCUT2D eigenvalue weighted by atomic mass is 35.5. The van der Waals surface area contributed by atoms with Gasteiger partial charge in [-0.3, -0.25) is 4.79 Å². The van der Waals surface area contributed by atoms with Crippen LogP contribution < -0.4 is 10.6 Å². The maximum absolute atomic E-state index is 13.8. The Morgan fingerprint density at radius 1 is 1.12 bits per heavy atom. The molecule has 41 heavy (non-hydrogen) atoms. The summed E-state index contributed by atoms with van der Waals surface area (Å²) in [6, 6.07) is 11.9. The van der Waals surface area contributed by atoms with Crippen LogP contribution in [0.4, 0.5) is 5.82 Å². The number of amides is 1. The summed E-state index contributed by atoms with van der Waals surface area (Å²) in [6.07, 6.45) is 2.63. The Morgan fingerprint density at radius 2 is 1.85 bits per heavy atom. The number of ether oxygens (including phenoxy) is 2. The van der Waals surface area contributed by atoms with Crippen molar-refractivity contribution in [3.8, 4) is 0 Å². The van der Waals surface area contributed by atoms with Crippen LogP contribution >= 0.6 is 11.6 Å². The normalized spacial score (nSPS) is 14.8. The number of rotatable bonds is 11. The second-order valence-electron chi connectivity index (χ2n) is 8.95. The van der Waals surface area contributed by atoms with Gasteiger partial charge in [0.25, 0.3) is 5.91 Å². The minimum atomic E-state index is -1.01. The first-order valence-corrected chi connectivity index (χ1v) is 13.3. The van der Waals surface area contributed by atoms with Crippen LogP contribution in [0.3, 0.4) is 0 Å². The second kappa shape index (κ2) is 13.7. The van der Waals surface area contributed by atoms with Crippen molar-refractivity contribution in [2.45, 2.75) is 33.2 Å². The molecule has 3 heterocycles. The van der Waals surface area contributed by atoms with Crippen LogP contribution in [-0.4, -0.2) is 57.4 Å². The highest BCUT2D eigenvalue weighted by Gasteiger charge is 2.40. The molecular formula is C29H29ClN6O5. The molecule has 12 heteroatoms. The van der Waals surface area contributed by atoms with Gasteiger partial charge in [0.1, 0.15) is 23.4 Å². The highest BCUT2D eigenvalue weighted by Crippen LogP contribution is 2.42. The molecule has 1 aliphatic heterocycles. The van der Waals surface area contributed by atoms with Crippen molar-refractivity contribution in [2.24, 2.45) is 0 Å². The molecule has 0 aliphatic carbocycles. The lowest BCUT2D eigenvalue weighted by atomic mass is 9.79. The number of nitrogens with zero attached hydrogens (tertiary/aromatic N) is 4. The van der Waals surface area contributed by atoms with Crippen LogP contribution in [0.1, 0.15) is 30.1 Å². The van der Waals surface area contributed by atoms with Gasteiger partial charge in [-0.25, -0.2) is 14.6 Å². The van der Waals surface area contributed by atoms with Crippen molar-refractivity contribution in [1.29, 1.82) is 0 Å². The summed E-state index contributed by atoms with van der Waals surface area (Å²) in [6.45, 7) is 6.17. The molecule has 1 aliphatic rings. The van der Waals surface area contributed by atoms with E-state index in [1.54, 1.807) is 55.3 Å². The first kappa shape index (κ1) is 29.4. The molecule has 212 valence electrons. The zero-order chi connectivity index (χ0) is 29.4. The van der Waals surface area contributed by atoms with Crippen LogP contribution in [0.15, 0.2) is 77.3 Å². The van der Waals surface area contributed by atoms with Crippen LogP contribution in [-0.2, 0) is 30.4 Å². The van der Waals surface area contributed by atoms with Gasteiger partial charge >= 0.3 is 5.97 Å². The van der Waals surface area contributed by atoms with Gasteiger partial charge < -0.3 is 24.7 Å². The van der Waals surface area contributed by atoms with Crippen molar-refractivity contribution in [1.82, 2.24) is 25.1 Å². The average molecular weight is 577 g/mol. The number of benzene rings is 1. The van der Waals surface area contributed by atoms with Crippen molar-refractivity contribution in [3.05, 3.63) is 99.5 Å². The predicted octanol–water partition coefficient (Wildman–Crippen LogP) is 3.44. The molecule has 1 unspecified atom stereocenters. The molecule has 1 amide bonds. The van der Waals surface area contributed by atoms with Crippen molar-refractivity contribution < 1.29 is 23.9 Å². The van der Waals surface area contributed by atoms with E-state index in [0.29, 0.717) is 22.8 Å². The van der Waals surface area contributed by atoms with Gasteiger partial charge in [0.05, 0.1) is 48.3 Å². The molecule has 0 radical (unpaired) electrons. The molecule has 2 aromatic heterocycles. The number of allylic oxidation sites excluding steroid dienone is 1. The number of hydrogen-bond acceptors (Lipinski definition) is 9. The third-order valence-corrected chi connectivity index (χ3v) is 6.71. The van der Waals surface area contributed by atoms with E-state index in [1.165, 1.54) is 6.20 Å². The first-order chi connectivity index (χ1) is 19.8. The average Bonchev–Trinajstić information content (AvgIpc) is 3.28. The lowest BCUT2D eigenvalue weighted by molar-refractivity contribution is -0.138. The number of nitrogens with one attached hydrogen (secondary N) is 2. The van der Waals surface area contributed by atoms with Crippen molar-refractivity contribution >= 4 is 35.2 Å². The number of hydrogen-bond donors (Lipinski definition) is 2. The van der Waals surface area contributed by atoms with Gasteiger partial charge in [-0.1, -0.05) is 35.9 Å². The molecule has 0 fully saturated rings. The molecule has 3 aromatic rings. The molecule has 4 rings (SSSR count). The Bertz CT molecular complexity index is 1520. The standard InChI is InChI=1S/C29H29ClN6O5/c1-4-41-29(39)27-23(17-40-16-14-36-18(2)34-35-19(36)3)32-22(12-15-37)26(25(27)20-9-5-6-10-21(20)30)28(38)33-24-11-7-8-13-31-24/h5-13,25,32H,4,14,16-17H2,1-3H3,(H,31,33,38). The van der Waals surface area contributed by atoms with E-state index < -0.39 is 17.8 Å². The number of pyridine rings is 1. The van der Waals surface area contributed by atoms with Crippen molar-refractivity contribution in [3.63, 3.8) is 0 Å². The SMILES string of the molecule is CCOC(=O)C1=C(COCCn2c(C)nnc2C)NC(C=C=O)=C(C(=O)Nc2ccccn2)C1c1ccccc1Cl. The highest BCUT2D eigenvalue weighted by molar-refractivity contribution is 6.31. The molecule has 0 bridgehead atoms. The van der Waals surface area contributed by atoms with Crippen LogP contribution in [0.25, 0.3) is 0 Å². The fraction of sp³-hybridized carbons (Fsp3) is 0.276. The Balaban J connectivity index is 1.78. The Hall–Kier alpha value is -4.57. The zero-order valence-electron chi connectivity index (χ0n) is 22.8. The molecule has 0 spiro atoms. The molecule has 11 nitrogen and oxygen atoms in total. The third-order valence-electron chi connectivity index (χ3n) is 6.37. The Morgan fingerprint density at radius 3 is 2.51 bits per heavy atom. The summed E-state index contributed by atoms with van der Waals surface area (Å²) >= 11 is 6.63. The molecule has 0 saturated heterocycles. The second-order valence-corrected chi connectivity index (χ2v) is 9.36. The summed E-state index contributed by atoms with van der Waals surface area (Å²) in [7, 11) is 0. The lowest BCUT2D eigenvalue weighted by Gasteiger charge is -2.32. The smallest absolute Gasteiger partial charge is 0.336 e.